The number of carbonyl (C=O) groups excluding carboxylic acids is 1. The predicted octanol–water partition coefficient (Wildman–Crippen LogP) is 3.64. The van der Waals surface area contributed by atoms with Crippen LogP contribution in [0.5, 0.6) is 11.5 Å². The highest BCUT2D eigenvalue weighted by molar-refractivity contribution is 5.92. The maximum atomic E-state index is 12.0. The summed E-state index contributed by atoms with van der Waals surface area (Å²) in [5.74, 6) is 0.0312. The normalized spacial score (nSPS) is 10.5. The Kier molecular flexibility index (Phi) is 6.07. The van der Waals surface area contributed by atoms with Gasteiger partial charge < -0.3 is 20.1 Å². The second-order valence-electron chi connectivity index (χ2n) is 5.73. The third-order valence-corrected chi connectivity index (χ3v) is 3.67. The van der Waals surface area contributed by atoms with E-state index in [1.807, 2.05) is 24.3 Å². The van der Waals surface area contributed by atoms with Crippen molar-refractivity contribution in [2.24, 2.45) is 0 Å². The number of benzene rings is 2. The van der Waals surface area contributed by atoms with Crippen molar-refractivity contribution in [2.45, 2.75) is 26.8 Å². The van der Waals surface area contributed by atoms with E-state index in [0.717, 1.165) is 12.2 Å². The second-order valence-corrected chi connectivity index (χ2v) is 5.73. The lowest BCUT2D eigenvalue weighted by atomic mass is 10.2. The Morgan fingerprint density at radius 3 is 2.42 bits per heavy atom. The molecule has 0 bridgehead atoms. The topological polar surface area (TPSA) is 61.8 Å². The van der Waals surface area contributed by atoms with Crippen LogP contribution in [-0.2, 0) is 4.79 Å². The molecule has 2 aromatic rings. The molecule has 24 heavy (non-hydrogen) atoms. The molecule has 5 heteroatoms. The number of phenols is 1. The van der Waals surface area contributed by atoms with Gasteiger partial charge in [-0.3, -0.25) is 4.79 Å². The number of ether oxygens (including phenoxy) is 1. The molecule has 0 unspecified atom stereocenters. The zero-order valence-electron chi connectivity index (χ0n) is 14.3. The number of nitrogens with one attached hydrogen (secondary N) is 1. The summed E-state index contributed by atoms with van der Waals surface area (Å²) in [6.45, 7) is 7.18. The number of amides is 1. The first kappa shape index (κ1) is 17.7. The van der Waals surface area contributed by atoms with Gasteiger partial charge in [0.2, 0.25) is 0 Å². The molecule has 0 fully saturated rings. The van der Waals surface area contributed by atoms with E-state index < -0.39 is 0 Å². The Morgan fingerprint density at radius 1 is 1.17 bits per heavy atom. The second kappa shape index (κ2) is 8.24. The maximum absolute atomic E-state index is 12.0. The van der Waals surface area contributed by atoms with Gasteiger partial charge >= 0.3 is 0 Å². The third-order valence-electron chi connectivity index (χ3n) is 3.67. The van der Waals surface area contributed by atoms with E-state index in [9.17, 15) is 9.90 Å². The Bertz CT molecular complexity index is 669. The van der Waals surface area contributed by atoms with Crippen LogP contribution >= 0.6 is 0 Å². The number of para-hydroxylation sites is 2. The smallest absolute Gasteiger partial charge is 0.262 e. The van der Waals surface area contributed by atoms with Crippen LogP contribution in [0.1, 0.15) is 20.8 Å². The molecular weight excluding hydrogens is 304 g/mol. The summed E-state index contributed by atoms with van der Waals surface area (Å²) in [4.78, 5) is 14.2. The highest BCUT2D eigenvalue weighted by atomic mass is 16.5. The van der Waals surface area contributed by atoms with E-state index in [1.165, 1.54) is 6.07 Å². The van der Waals surface area contributed by atoms with Gasteiger partial charge in [-0.25, -0.2) is 0 Å². The van der Waals surface area contributed by atoms with E-state index in [-0.39, 0.29) is 18.3 Å². The van der Waals surface area contributed by atoms with Crippen LogP contribution in [0.4, 0.5) is 11.4 Å². The number of nitrogens with zero attached hydrogens (tertiary/aromatic N) is 1. The Hall–Kier alpha value is -2.69. The van der Waals surface area contributed by atoms with Crippen LogP contribution in [-0.4, -0.2) is 30.2 Å². The molecule has 2 rings (SSSR count). The molecule has 0 aliphatic heterocycles. The molecule has 0 radical (unpaired) electrons. The number of anilines is 2. The van der Waals surface area contributed by atoms with Gasteiger partial charge in [0.05, 0.1) is 0 Å². The molecule has 0 aliphatic carbocycles. The quantitative estimate of drug-likeness (QED) is 0.814. The predicted molar refractivity (Wildman–Crippen MR) is 96.8 cm³/mol. The molecule has 0 saturated carbocycles. The summed E-state index contributed by atoms with van der Waals surface area (Å²) in [6, 6.07) is 14.7. The number of carbonyl (C=O) groups is 1. The van der Waals surface area contributed by atoms with Gasteiger partial charge in [0.1, 0.15) is 0 Å². The fraction of sp³-hybridized carbons (Fsp3) is 0.316. The molecular formula is C19H24N2O3. The van der Waals surface area contributed by atoms with Gasteiger partial charge in [-0.2, -0.15) is 0 Å². The summed E-state index contributed by atoms with van der Waals surface area (Å²) in [6.07, 6.45) is 0. The number of aromatic hydroxyl groups is 1. The average molecular weight is 328 g/mol. The average Bonchev–Trinajstić information content (AvgIpc) is 2.56. The Morgan fingerprint density at radius 2 is 1.83 bits per heavy atom. The zero-order valence-corrected chi connectivity index (χ0v) is 14.3. The molecule has 0 spiro atoms. The molecule has 0 saturated heterocycles. The van der Waals surface area contributed by atoms with E-state index >= 15 is 0 Å². The molecule has 128 valence electrons. The van der Waals surface area contributed by atoms with Crippen LogP contribution in [0.3, 0.4) is 0 Å². The minimum Gasteiger partial charge on any atom is -0.504 e. The molecule has 0 atom stereocenters. The van der Waals surface area contributed by atoms with E-state index in [0.29, 0.717) is 17.5 Å². The van der Waals surface area contributed by atoms with Crippen molar-refractivity contribution in [1.82, 2.24) is 0 Å². The highest BCUT2D eigenvalue weighted by Gasteiger charge is 2.09. The highest BCUT2D eigenvalue weighted by Crippen LogP contribution is 2.24. The zero-order chi connectivity index (χ0) is 17.5. The molecule has 2 N–H and O–H groups in total. The molecule has 0 aromatic heterocycles. The Labute approximate surface area is 142 Å². The summed E-state index contributed by atoms with van der Waals surface area (Å²) >= 11 is 0. The summed E-state index contributed by atoms with van der Waals surface area (Å²) in [5.41, 5.74) is 1.83. The minimum atomic E-state index is -0.276. The lowest BCUT2D eigenvalue weighted by Gasteiger charge is -2.27. The van der Waals surface area contributed by atoms with Crippen molar-refractivity contribution in [1.29, 1.82) is 0 Å². The molecule has 1 amide bonds. The monoisotopic (exact) mass is 328 g/mol. The first-order valence-electron chi connectivity index (χ1n) is 8.08. The van der Waals surface area contributed by atoms with E-state index in [4.69, 9.17) is 4.74 Å². The fourth-order valence-corrected chi connectivity index (χ4v) is 2.50. The summed E-state index contributed by atoms with van der Waals surface area (Å²) in [5, 5.41) is 12.4. The van der Waals surface area contributed by atoms with Gasteiger partial charge in [0.25, 0.3) is 5.91 Å². The molecule has 5 nitrogen and oxygen atoms in total. The van der Waals surface area contributed by atoms with Crippen LogP contribution in [0, 0.1) is 0 Å². The van der Waals surface area contributed by atoms with Crippen molar-refractivity contribution in [2.75, 3.05) is 23.4 Å². The van der Waals surface area contributed by atoms with Gasteiger partial charge in [-0.15, -0.1) is 0 Å². The van der Waals surface area contributed by atoms with Gasteiger partial charge in [-0.1, -0.05) is 12.1 Å². The number of hydrogen-bond donors (Lipinski definition) is 2. The van der Waals surface area contributed by atoms with Crippen LogP contribution in [0.25, 0.3) is 0 Å². The fourth-order valence-electron chi connectivity index (χ4n) is 2.50. The standard InChI is InChI=1S/C19H24N2O3/c1-4-21(14(2)3)16-11-9-15(10-12-16)20-19(23)13-24-18-8-6-5-7-17(18)22/h5-12,14,22H,4,13H2,1-3H3,(H,20,23). The van der Waals surface area contributed by atoms with Crippen LogP contribution < -0.4 is 15.0 Å². The number of rotatable bonds is 7. The minimum absolute atomic E-state index is 0.0167. The lowest BCUT2D eigenvalue weighted by molar-refractivity contribution is -0.118. The van der Waals surface area contributed by atoms with Crippen molar-refractivity contribution in [3.63, 3.8) is 0 Å². The molecule has 2 aromatic carbocycles. The Balaban J connectivity index is 1.91. The molecule has 0 heterocycles. The number of phenolic OH excluding ortho intramolecular Hbond substituents is 1. The van der Waals surface area contributed by atoms with Crippen LogP contribution in [0.15, 0.2) is 48.5 Å². The third kappa shape index (κ3) is 4.65. The van der Waals surface area contributed by atoms with Crippen molar-refractivity contribution in [3.05, 3.63) is 48.5 Å². The largest absolute Gasteiger partial charge is 0.504 e. The molecule has 0 aliphatic rings. The summed E-state index contributed by atoms with van der Waals surface area (Å²) < 4.78 is 5.31. The van der Waals surface area contributed by atoms with Crippen molar-refractivity contribution >= 4 is 17.3 Å². The first-order chi connectivity index (χ1) is 11.5. The first-order valence-corrected chi connectivity index (χ1v) is 8.08. The lowest BCUT2D eigenvalue weighted by Crippen LogP contribution is -2.30. The SMILES string of the molecule is CCN(c1ccc(NC(=O)COc2ccccc2O)cc1)C(C)C. The van der Waals surface area contributed by atoms with Gasteiger partial charge in [0.15, 0.2) is 18.1 Å². The summed E-state index contributed by atoms with van der Waals surface area (Å²) in [7, 11) is 0. The van der Waals surface area contributed by atoms with Gasteiger partial charge in [0, 0.05) is 24.0 Å². The maximum Gasteiger partial charge on any atom is 0.262 e. The van der Waals surface area contributed by atoms with Crippen LogP contribution in [0.2, 0.25) is 0 Å². The number of hydrogen-bond acceptors (Lipinski definition) is 4. The van der Waals surface area contributed by atoms with Gasteiger partial charge in [-0.05, 0) is 57.2 Å². The van der Waals surface area contributed by atoms with E-state index in [2.05, 4.69) is 31.0 Å². The van der Waals surface area contributed by atoms with Crippen molar-refractivity contribution in [3.8, 4) is 11.5 Å². The van der Waals surface area contributed by atoms with E-state index in [1.54, 1.807) is 18.2 Å². The van der Waals surface area contributed by atoms with Crippen molar-refractivity contribution < 1.29 is 14.6 Å².